The van der Waals surface area contributed by atoms with E-state index in [1.165, 1.54) is 0 Å². The summed E-state index contributed by atoms with van der Waals surface area (Å²) < 4.78 is 0. The van der Waals surface area contributed by atoms with Crippen molar-refractivity contribution in [1.29, 1.82) is 0 Å². The first kappa shape index (κ1) is 15.7. The molecule has 2 rings (SSSR count). The minimum Gasteiger partial charge on any atom is -0.396 e. The van der Waals surface area contributed by atoms with Crippen LogP contribution in [0.1, 0.15) is 63.3 Å². The lowest BCUT2D eigenvalue weighted by atomic mass is 9.86. The molecule has 5 heteroatoms. The number of rotatable bonds is 2. The van der Waals surface area contributed by atoms with Gasteiger partial charge in [-0.25, -0.2) is 9.97 Å². The Labute approximate surface area is 127 Å². The van der Waals surface area contributed by atoms with Crippen molar-refractivity contribution in [2.24, 2.45) is 11.8 Å². The van der Waals surface area contributed by atoms with Gasteiger partial charge in [-0.15, -0.1) is 0 Å². The second kappa shape index (κ2) is 6.00. The van der Waals surface area contributed by atoms with Crippen LogP contribution in [0, 0.1) is 11.8 Å². The Kier molecular flexibility index (Phi) is 4.49. The first-order chi connectivity index (χ1) is 9.81. The summed E-state index contributed by atoms with van der Waals surface area (Å²) >= 11 is 0. The Bertz CT molecular complexity index is 529. The molecule has 0 bridgehead atoms. The molecule has 1 aromatic heterocycles. The largest absolute Gasteiger partial charge is 0.396 e. The highest BCUT2D eigenvalue weighted by molar-refractivity contribution is 5.97. The van der Waals surface area contributed by atoms with E-state index < -0.39 is 0 Å². The third kappa shape index (κ3) is 3.17. The predicted molar refractivity (Wildman–Crippen MR) is 84.0 cm³/mol. The molecular weight excluding hydrogens is 264 g/mol. The van der Waals surface area contributed by atoms with E-state index in [2.05, 4.69) is 30.7 Å². The second-order valence-electron chi connectivity index (χ2n) is 6.70. The number of carbonyl (C=O) groups excluding carboxylic acids is 1. The SMILES string of the molecule is CC1CC(C)C(C)N(C(=O)c2nc(C(C)C)ncc2N)C1. The molecule has 0 aliphatic carbocycles. The highest BCUT2D eigenvalue weighted by atomic mass is 16.2. The highest BCUT2D eigenvalue weighted by Crippen LogP contribution is 2.28. The summed E-state index contributed by atoms with van der Waals surface area (Å²) in [7, 11) is 0. The van der Waals surface area contributed by atoms with Crippen LogP contribution < -0.4 is 5.73 Å². The van der Waals surface area contributed by atoms with Gasteiger partial charge in [-0.2, -0.15) is 0 Å². The molecule has 0 spiro atoms. The molecule has 1 aliphatic heterocycles. The number of nitrogen functional groups attached to an aromatic ring is 1. The number of likely N-dealkylation sites (tertiary alicyclic amines) is 1. The van der Waals surface area contributed by atoms with E-state index in [1.54, 1.807) is 6.20 Å². The van der Waals surface area contributed by atoms with Gasteiger partial charge >= 0.3 is 0 Å². The molecule has 1 aliphatic rings. The zero-order chi connectivity index (χ0) is 15.7. The molecule has 2 heterocycles. The van der Waals surface area contributed by atoms with E-state index >= 15 is 0 Å². The molecule has 1 amide bonds. The van der Waals surface area contributed by atoms with Gasteiger partial charge in [-0.1, -0.05) is 27.7 Å². The molecule has 1 aromatic rings. The van der Waals surface area contributed by atoms with Gasteiger partial charge in [-0.3, -0.25) is 4.79 Å². The number of amides is 1. The molecule has 1 fully saturated rings. The zero-order valence-corrected chi connectivity index (χ0v) is 13.6. The number of hydrogen-bond donors (Lipinski definition) is 1. The van der Waals surface area contributed by atoms with Crippen molar-refractivity contribution in [1.82, 2.24) is 14.9 Å². The number of hydrogen-bond acceptors (Lipinski definition) is 4. The van der Waals surface area contributed by atoms with Gasteiger partial charge in [0.1, 0.15) is 5.82 Å². The Balaban J connectivity index is 2.32. The highest BCUT2D eigenvalue weighted by Gasteiger charge is 2.33. The number of nitrogens with two attached hydrogens (primary N) is 1. The maximum Gasteiger partial charge on any atom is 0.274 e. The van der Waals surface area contributed by atoms with Crippen LogP contribution >= 0.6 is 0 Å². The molecule has 0 radical (unpaired) electrons. The average Bonchev–Trinajstić information content (AvgIpc) is 2.42. The zero-order valence-electron chi connectivity index (χ0n) is 13.6. The number of carbonyl (C=O) groups is 1. The molecular formula is C16H26N4O. The second-order valence-corrected chi connectivity index (χ2v) is 6.70. The van der Waals surface area contributed by atoms with Crippen LogP contribution in [0.4, 0.5) is 5.69 Å². The Hall–Kier alpha value is -1.65. The maximum atomic E-state index is 12.9. The van der Waals surface area contributed by atoms with E-state index in [0.717, 1.165) is 13.0 Å². The lowest BCUT2D eigenvalue weighted by Crippen LogP contribution is -2.49. The van der Waals surface area contributed by atoms with Crippen molar-refractivity contribution in [3.8, 4) is 0 Å². The number of nitrogens with zero attached hydrogens (tertiary/aromatic N) is 3. The van der Waals surface area contributed by atoms with Gasteiger partial charge in [0.25, 0.3) is 5.91 Å². The van der Waals surface area contributed by atoms with Crippen LogP contribution in [0.3, 0.4) is 0 Å². The van der Waals surface area contributed by atoms with Gasteiger partial charge in [0.2, 0.25) is 0 Å². The Morgan fingerprint density at radius 1 is 1.38 bits per heavy atom. The Morgan fingerprint density at radius 2 is 2.05 bits per heavy atom. The molecule has 0 saturated carbocycles. The smallest absolute Gasteiger partial charge is 0.274 e. The maximum absolute atomic E-state index is 12.9. The average molecular weight is 290 g/mol. The monoisotopic (exact) mass is 290 g/mol. The summed E-state index contributed by atoms with van der Waals surface area (Å²) in [4.78, 5) is 23.4. The van der Waals surface area contributed by atoms with E-state index in [1.807, 2.05) is 18.7 Å². The summed E-state index contributed by atoms with van der Waals surface area (Å²) in [5.74, 6) is 1.77. The first-order valence-electron chi connectivity index (χ1n) is 7.74. The molecule has 3 unspecified atom stereocenters. The van der Waals surface area contributed by atoms with Gasteiger partial charge in [-0.05, 0) is 25.2 Å². The fourth-order valence-corrected chi connectivity index (χ4v) is 2.97. The lowest BCUT2D eigenvalue weighted by Gasteiger charge is -2.41. The van der Waals surface area contributed by atoms with E-state index in [0.29, 0.717) is 29.0 Å². The normalized spacial score (nSPS) is 26.2. The first-order valence-corrected chi connectivity index (χ1v) is 7.74. The topological polar surface area (TPSA) is 72.1 Å². The minimum atomic E-state index is -0.0669. The van der Waals surface area contributed by atoms with Crippen LogP contribution in [0.15, 0.2) is 6.20 Å². The summed E-state index contributed by atoms with van der Waals surface area (Å²) in [6.45, 7) is 11.3. The summed E-state index contributed by atoms with van der Waals surface area (Å²) in [5.41, 5.74) is 6.65. The third-order valence-corrected chi connectivity index (χ3v) is 4.41. The van der Waals surface area contributed by atoms with Crippen molar-refractivity contribution in [3.63, 3.8) is 0 Å². The van der Waals surface area contributed by atoms with Crippen molar-refractivity contribution >= 4 is 11.6 Å². The molecule has 2 N–H and O–H groups in total. The van der Waals surface area contributed by atoms with Crippen molar-refractivity contribution in [2.45, 2.75) is 53.0 Å². The Morgan fingerprint density at radius 3 is 2.67 bits per heavy atom. The van der Waals surface area contributed by atoms with Crippen LogP contribution in [-0.4, -0.2) is 33.4 Å². The summed E-state index contributed by atoms with van der Waals surface area (Å²) in [5, 5.41) is 0. The van der Waals surface area contributed by atoms with Crippen LogP contribution in [0.25, 0.3) is 0 Å². The molecule has 21 heavy (non-hydrogen) atoms. The molecule has 1 saturated heterocycles. The summed E-state index contributed by atoms with van der Waals surface area (Å²) in [6, 6.07) is 0.213. The van der Waals surface area contributed by atoms with Gasteiger partial charge in [0.15, 0.2) is 5.69 Å². The predicted octanol–water partition coefficient (Wildman–Crippen LogP) is 2.69. The number of aromatic nitrogens is 2. The quantitative estimate of drug-likeness (QED) is 0.909. The third-order valence-electron chi connectivity index (χ3n) is 4.41. The number of piperidine rings is 1. The van der Waals surface area contributed by atoms with Gasteiger partial charge in [0.05, 0.1) is 11.9 Å². The fourth-order valence-electron chi connectivity index (χ4n) is 2.97. The van der Waals surface area contributed by atoms with Crippen LogP contribution in [0.5, 0.6) is 0 Å². The van der Waals surface area contributed by atoms with Gasteiger partial charge < -0.3 is 10.6 Å². The van der Waals surface area contributed by atoms with E-state index in [9.17, 15) is 4.79 Å². The van der Waals surface area contributed by atoms with Gasteiger partial charge in [0, 0.05) is 18.5 Å². The fraction of sp³-hybridized carbons (Fsp3) is 0.688. The lowest BCUT2D eigenvalue weighted by molar-refractivity contribution is 0.0450. The van der Waals surface area contributed by atoms with Crippen molar-refractivity contribution in [3.05, 3.63) is 17.7 Å². The summed E-state index contributed by atoms with van der Waals surface area (Å²) in [6.07, 6.45) is 2.71. The molecule has 5 nitrogen and oxygen atoms in total. The molecule has 0 aromatic carbocycles. The van der Waals surface area contributed by atoms with Crippen LogP contribution in [0.2, 0.25) is 0 Å². The number of anilines is 1. The van der Waals surface area contributed by atoms with E-state index in [-0.39, 0.29) is 17.9 Å². The minimum absolute atomic E-state index is 0.0669. The van der Waals surface area contributed by atoms with Crippen LogP contribution in [-0.2, 0) is 0 Å². The standard InChI is InChI=1S/C16H26N4O/c1-9(2)15-18-7-13(17)14(19-15)16(21)20-8-10(3)6-11(4)12(20)5/h7,9-12H,6,8,17H2,1-5H3. The van der Waals surface area contributed by atoms with Crippen molar-refractivity contribution in [2.75, 3.05) is 12.3 Å². The van der Waals surface area contributed by atoms with Crippen molar-refractivity contribution < 1.29 is 4.79 Å². The molecule has 116 valence electrons. The van der Waals surface area contributed by atoms with E-state index in [4.69, 9.17) is 5.73 Å². The molecule has 3 atom stereocenters.